The summed E-state index contributed by atoms with van der Waals surface area (Å²) >= 11 is 13.1. The van der Waals surface area contributed by atoms with Crippen LogP contribution in [0.5, 0.6) is 11.5 Å². The van der Waals surface area contributed by atoms with Crippen molar-refractivity contribution in [1.82, 2.24) is 5.43 Å². The van der Waals surface area contributed by atoms with Crippen LogP contribution in [0.25, 0.3) is 0 Å². The van der Waals surface area contributed by atoms with Crippen LogP contribution in [0.3, 0.4) is 0 Å². The normalized spacial score (nSPS) is 10.8. The average Bonchev–Trinajstić information content (AvgIpc) is 2.75. The lowest BCUT2D eigenvalue weighted by molar-refractivity contribution is -0.120. The summed E-state index contributed by atoms with van der Waals surface area (Å²) < 4.78 is 13.0. The number of rotatable bonds is 8. The number of carbonyl (C=O) groups excluding carboxylic acids is 1. The molecule has 3 rings (SSSR count). The minimum atomic E-state index is -0.204. The Labute approximate surface area is 202 Å². The largest absolute Gasteiger partial charge is 0.493 e. The van der Waals surface area contributed by atoms with Crippen LogP contribution in [0.15, 0.2) is 74.7 Å². The Kier molecular flexibility index (Phi) is 8.51. The standard InChI is InChI=1S/C23H19Br2ClN2O3/c1-30-21-11-16(13-27-28-22(29)12-15-6-8-18(24)9-7-15)10-19(25)23(21)31-14-17-4-2-3-5-20(17)26/h2-11,13H,12,14H2,1H3,(H,28,29)/b27-13-. The minimum Gasteiger partial charge on any atom is -0.493 e. The highest BCUT2D eigenvalue weighted by Gasteiger charge is 2.12. The van der Waals surface area contributed by atoms with E-state index in [2.05, 4.69) is 42.4 Å². The van der Waals surface area contributed by atoms with Gasteiger partial charge in [-0.15, -0.1) is 0 Å². The third kappa shape index (κ3) is 6.82. The second-order valence-corrected chi connectivity index (χ2v) is 8.69. The maximum absolute atomic E-state index is 12.1. The molecule has 0 radical (unpaired) electrons. The van der Waals surface area contributed by atoms with E-state index in [4.69, 9.17) is 21.1 Å². The molecule has 1 amide bonds. The summed E-state index contributed by atoms with van der Waals surface area (Å²) in [6, 6.07) is 18.7. The molecule has 0 heterocycles. The van der Waals surface area contributed by atoms with Gasteiger partial charge in [0, 0.05) is 15.1 Å². The third-order valence-corrected chi connectivity index (χ3v) is 5.75. The van der Waals surface area contributed by atoms with Gasteiger partial charge in [0.15, 0.2) is 11.5 Å². The lowest BCUT2D eigenvalue weighted by Gasteiger charge is -2.14. The monoisotopic (exact) mass is 564 g/mol. The molecule has 0 fully saturated rings. The van der Waals surface area contributed by atoms with Gasteiger partial charge in [-0.3, -0.25) is 4.79 Å². The number of nitrogens with one attached hydrogen (secondary N) is 1. The summed E-state index contributed by atoms with van der Waals surface area (Å²) in [5.74, 6) is 0.882. The maximum Gasteiger partial charge on any atom is 0.244 e. The summed E-state index contributed by atoms with van der Waals surface area (Å²) in [5, 5.41) is 4.68. The summed E-state index contributed by atoms with van der Waals surface area (Å²) in [7, 11) is 1.56. The second kappa shape index (κ2) is 11.3. The lowest BCUT2D eigenvalue weighted by Crippen LogP contribution is -2.19. The van der Waals surface area contributed by atoms with Crippen molar-refractivity contribution < 1.29 is 14.3 Å². The van der Waals surface area contributed by atoms with Crippen LogP contribution in [0, 0.1) is 0 Å². The van der Waals surface area contributed by atoms with E-state index in [1.54, 1.807) is 19.4 Å². The number of carbonyl (C=O) groups is 1. The number of nitrogens with zero attached hydrogens (tertiary/aromatic N) is 1. The highest BCUT2D eigenvalue weighted by Crippen LogP contribution is 2.37. The van der Waals surface area contributed by atoms with Gasteiger partial charge in [0.05, 0.1) is 24.2 Å². The maximum atomic E-state index is 12.1. The third-order valence-electron chi connectivity index (χ3n) is 4.26. The zero-order chi connectivity index (χ0) is 22.2. The van der Waals surface area contributed by atoms with Gasteiger partial charge in [-0.1, -0.05) is 57.9 Å². The highest BCUT2D eigenvalue weighted by molar-refractivity contribution is 9.10. The van der Waals surface area contributed by atoms with E-state index in [0.29, 0.717) is 27.6 Å². The van der Waals surface area contributed by atoms with Gasteiger partial charge >= 0.3 is 0 Å². The lowest BCUT2D eigenvalue weighted by atomic mass is 10.1. The molecule has 5 nitrogen and oxygen atoms in total. The second-order valence-electron chi connectivity index (χ2n) is 6.51. The molecule has 0 bridgehead atoms. The number of amides is 1. The van der Waals surface area contributed by atoms with E-state index in [1.165, 1.54) is 0 Å². The smallest absolute Gasteiger partial charge is 0.244 e. The Morgan fingerprint density at radius 1 is 1.13 bits per heavy atom. The predicted octanol–water partition coefficient (Wildman–Crippen LogP) is 6.15. The molecule has 0 saturated heterocycles. The van der Waals surface area contributed by atoms with E-state index < -0.39 is 0 Å². The predicted molar refractivity (Wildman–Crippen MR) is 130 cm³/mol. The van der Waals surface area contributed by atoms with Crippen LogP contribution >= 0.6 is 43.5 Å². The van der Waals surface area contributed by atoms with E-state index in [0.717, 1.165) is 21.2 Å². The Balaban J connectivity index is 1.64. The van der Waals surface area contributed by atoms with Crippen LogP contribution in [0.4, 0.5) is 0 Å². The number of hydrogen-bond acceptors (Lipinski definition) is 4. The van der Waals surface area contributed by atoms with Gasteiger partial charge in [-0.2, -0.15) is 5.10 Å². The molecule has 1 N–H and O–H groups in total. The highest BCUT2D eigenvalue weighted by atomic mass is 79.9. The summed E-state index contributed by atoms with van der Waals surface area (Å²) in [5.41, 5.74) is 5.05. The van der Waals surface area contributed by atoms with Crippen molar-refractivity contribution in [3.8, 4) is 11.5 Å². The summed E-state index contributed by atoms with van der Waals surface area (Å²) in [6.45, 7) is 0.300. The Morgan fingerprint density at radius 2 is 1.87 bits per heavy atom. The Hall–Kier alpha value is -2.35. The first-order chi connectivity index (χ1) is 15.0. The first kappa shape index (κ1) is 23.3. The van der Waals surface area contributed by atoms with Crippen LogP contribution in [0.1, 0.15) is 16.7 Å². The first-order valence-corrected chi connectivity index (χ1v) is 11.2. The fourth-order valence-corrected chi connectivity index (χ4v) is 3.75. The SMILES string of the molecule is COc1cc(/C=N\NC(=O)Cc2ccc(Br)cc2)cc(Br)c1OCc1ccccc1Cl. The van der Waals surface area contributed by atoms with Gasteiger partial charge in [-0.05, 0) is 57.4 Å². The summed E-state index contributed by atoms with van der Waals surface area (Å²) in [4.78, 5) is 12.1. The van der Waals surface area contributed by atoms with Gasteiger partial charge in [0.1, 0.15) is 6.61 Å². The van der Waals surface area contributed by atoms with E-state index in [-0.39, 0.29) is 12.3 Å². The zero-order valence-electron chi connectivity index (χ0n) is 16.6. The number of hydrogen-bond donors (Lipinski definition) is 1. The zero-order valence-corrected chi connectivity index (χ0v) is 20.5. The molecule has 0 saturated carbocycles. The Bertz CT molecular complexity index is 1090. The number of methoxy groups -OCH3 is 1. The van der Waals surface area contributed by atoms with Gasteiger partial charge in [0.2, 0.25) is 5.91 Å². The molecule has 0 spiro atoms. The number of benzene rings is 3. The molecule has 0 aliphatic rings. The number of ether oxygens (including phenoxy) is 2. The average molecular weight is 567 g/mol. The molecule has 0 unspecified atom stereocenters. The quantitative estimate of drug-likeness (QED) is 0.263. The van der Waals surface area contributed by atoms with Gasteiger partial charge in [0.25, 0.3) is 0 Å². The summed E-state index contributed by atoms with van der Waals surface area (Å²) in [6.07, 6.45) is 1.79. The molecule has 160 valence electrons. The van der Waals surface area contributed by atoms with Crippen molar-refractivity contribution in [3.63, 3.8) is 0 Å². The van der Waals surface area contributed by atoms with Crippen LogP contribution in [-0.2, 0) is 17.8 Å². The molecular weight excluding hydrogens is 548 g/mol. The number of halogens is 3. The first-order valence-electron chi connectivity index (χ1n) is 9.26. The van der Waals surface area contributed by atoms with Crippen molar-refractivity contribution in [3.05, 3.63) is 91.3 Å². The number of hydrazone groups is 1. The van der Waals surface area contributed by atoms with E-state index >= 15 is 0 Å². The van der Waals surface area contributed by atoms with Crippen molar-refractivity contribution >= 4 is 55.6 Å². The Morgan fingerprint density at radius 3 is 2.58 bits per heavy atom. The minimum absolute atomic E-state index is 0.204. The van der Waals surface area contributed by atoms with Crippen molar-refractivity contribution in [2.45, 2.75) is 13.0 Å². The fourth-order valence-electron chi connectivity index (χ4n) is 2.73. The van der Waals surface area contributed by atoms with Crippen LogP contribution in [-0.4, -0.2) is 19.2 Å². The molecule has 8 heteroatoms. The van der Waals surface area contributed by atoms with Crippen molar-refractivity contribution in [1.29, 1.82) is 0 Å². The molecule has 3 aromatic carbocycles. The molecule has 3 aromatic rings. The van der Waals surface area contributed by atoms with Crippen LogP contribution in [0.2, 0.25) is 5.02 Å². The molecule has 0 atom stereocenters. The molecular formula is C23H19Br2ClN2O3. The van der Waals surface area contributed by atoms with Crippen LogP contribution < -0.4 is 14.9 Å². The molecule has 31 heavy (non-hydrogen) atoms. The van der Waals surface area contributed by atoms with Gasteiger partial charge < -0.3 is 9.47 Å². The van der Waals surface area contributed by atoms with E-state index in [1.807, 2.05) is 54.6 Å². The van der Waals surface area contributed by atoms with Gasteiger partial charge in [-0.25, -0.2) is 5.43 Å². The van der Waals surface area contributed by atoms with Crippen molar-refractivity contribution in [2.75, 3.05) is 7.11 Å². The molecule has 0 aliphatic heterocycles. The molecule has 0 aromatic heterocycles. The topological polar surface area (TPSA) is 59.9 Å². The van der Waals surface area contributed by atoms with Crippen molar-refractivity contribution in [2.24, 2.45) is 5.10 Å². The van der Waals surface area contributed by atoms with E-state index in [9.17, 15) is 4.79 Å². The molecule has 0 aliphatic carbocycles. The fraction of sp³-hybridized carbons (Fsp3) is 0.130.